The molecule has 0 saturated carbocycles. The molecule has 1 aromatic heterocycles. The average molecular weight is 288 g/mol. The molecule has 11 heavy (non-hydrogen) atoms. The SMILES string of the molecule is [CH-]=Cc1[c-]c(=O)c(Br)n[nH]1.[Y]. The zero-order chi connectivity index (χ0) is 7.56. The Kier molecular flexibility index (Phi) is 5.05. The maximum atomic E-state index is 10.7. The molecule has 55 valence electrons. The Morgan fingerprint density at radius 2 is 2.36 bits per heavy atom. The van der Waals surface area contributed by atoms with Crippen LogP contribution in [-0.2, 0) is 32.7 Å². The van der Waals surface area contributed by atoms with Gasteiger partial charge < -0.3 is 22.5 Å². The van der Waals surface area contributed by atoms with Crippen LogP contribution in [0.5, 0.6) is 0 Å². The number of H-pyrrole nitrogens is 1. The summed E-state index contributed by atoms with van der Waals surface area (Å²) in [7, 11) is 0. The van der Waals surface area contributed by atoms with E-state index in [-0.39, 0.29) is 42.7 Å². The Balaban J connectivity index is 0.000001000. The minimum Gasteiger partial charge on any atom is -0.391 e. The van der Waals surface area contributed by atoms with Gasteiger partial charge in [-0.25, -0.2) is 16.9 Å². The monoisotopic (exact) mass is 287 g/mol. The molecule has 1 aromatic rings. The van der Waals surface area contributed by atoms with Crippen molar-refractivity contribution in [3.63, 3.8) is 0 Å². The number of aromatic amines is 1. The molecule has 0 spiro atoms. The molecular formula is C6H3BrN2OY-2. The van der Waals surface area contributed by atoms with Crippen molar-refractivity contribution >= 4 is 22.0 Å². The van der Waals surface area contributed by atoms with Crippen molar-refractivity contribution in [1.82, 2.24) is 10.2 Å². The van der Waals surface area contributed by atoms with Gasteiger partial charge in [-0.1, -0.05) is 0 Å². The first-order chi connectivity index (χ1) is 4.74. The average Bonchev–Trinajstić information content (AvgIpc) is 1.95. The largest absolute Gasteiger partial charge is 0.391 e. The molecule has 0 bridgehead atoms. The molecule has 0 atom stereocenters. The van der Waals surface area contributed by atoms with E-state index in [4.69, 9.17) is 6.58 Å². The maximum Gasteiger partial charge on any atom is 0.0853 e. The molecular weight excluding hydrogens is 285 g/mol. The molecule has 3 nitrogen and oxygen atoms in total. The molecule has 1 heterocycles. The van der Waals surface area contributed by atoms with Crippen molar-refractivity contribution in [2.24, 2.45) is 0 Å². The summed E-state index contributed by atoms with van der Waals surface area (Å²) in [4.78, 5) is 10.7. The van der Waals surface area contributed by atoms with Gasteiger partial charge in [0.2, 0.25) is 0 Å². The quantitative estimate of drug-likeness (QED) is 0.776. The fourth-order valence-corrected chi connectivity index (χ4v) is 0.629. The minimum absolute atomic E-state index is 0. The number of nitrogens with one attached hydrogen (secondary N) is 1. The van der Waals surface area contributed by atoms with Gasteiger partial charge in [0.15, 0.2) is 0 Å². The van der Waals surface area contributed by atoms with Crippen LogP contribution < -0.4 is 5.43 Å². The number of nitrogens with zero attached hydrogens (tertiary/aromatic N) is 1. The Labute approximate surface area is 97.3 Å². The fraction of sp³-hybridized carbons (Fsp3) is 0. The second kappa shape index (κ2) is 4.96. The predicted molar refractivity (Wildman–Crippen MR) is 40.2 cm³/mol. The maximum absolute atomic E-state index is 10.7. The van der Waals surface area contributed by atoms with Gasteiger partial charge in [0.05, 0.1) is 10.0 Å². The Hall–Kier alpha value is 0.204. The van der Waals surface area contributed by atoms with E-state index in [1.165, 1.54) is 6.08 Å². The second-order valence-corrected chi connectivity index (χ2v) is 2.30. The molecule has 1 radical (unpaired) electrons. The van der Waals surface area contributed by atoms with Crippen molar-refractivity contribution < 1.29 is 32.7 Å². The Bertz CT molecular complexity index is 310. The van der Waals surface area contributed by atoms with Gasteiger partial charge in [0, 0.05) is 32.7 Å². The van der Waals surface area contributed by atoms with Crippen molar-refractivity contribution in [2.45, 2.75) is 0 Å². The third-order valence-corrected chi connectivity index (χ3v) is 1.41. The van der Waals surface area contributed by atoms with Gasteiger partial charge >= 0.3 is 0 Å². The molecule has 0 aliphatic carbocycles. The Morgan fingerprint density at radius 3 is 2.82 bits per heavy atom. The molecule has 1 rings (SSSR count). The number of rotatable bonds is 1. The van der Waals surface area contributed by atoms with E-state index in [0.717, 1.165) is 0 Å². The number of hydrogen-bond donors (Lipinski definition) is 1. The summed E-state index contributed by atoms with van der Waals surface area (Å²) in [6.45, 7) is 5.09. The van der Waals surface area contributed by atoms with Crippen molar-refractivity contribution in [3.8, 4) is 0 Å². The van der Waals surface area contributed by atoms with Gasteiger partial charge in [-0.2, -0.15) is 0 Å². The molecule has 0 fully saturated rings. The molecule has 0 aromatic carbocycles. The van der Waals surface area contributed by atoms with Crippen LogP contribution in [0.15, 0.2) is 9.40 Å². The third-order valence-electron chi connectivity index (χ3n) is 0.877. The first-order valence-electron chi connectivity index (χ1n) is 2.46. The summed E-state index contributed by atoms with van der Waals surface area (Å²) < 4.78 is 0.207. The second-order valence-electron chi connectivity index (χ2n) is 1.55. The standard InChI is InChI=1S/C6H3BrN2O.Y/c1-2-4-3-5(10)6(7)9-8-4;/h1-2H,(H,8,10);/q-2;. The molecule has 0 saturated heterocycles. The summed E-state index contributed by atoms with van der Waals surface area (Å²) in [5, 5.41) is 6.08. The molecule has 0 unspecified atom stereocenters. The molecule has 0 aliphatic heterocycles. The number of aromatic nitrogens is 2. The minimum atomic E-state index is -0.310. The predicted octanol–water partition coefficient (Wildman–Crippen LogP) is 0.776. The normalized spacial score (nSPS) is 8.45. The van der Waals surface area contributed by atoms with E-state index in [1.54, 1.807) is 0 Å². The summed E-state index contributed by atoms with van der Waals surface area (Å²) in [5.74, 6) is 0. The molecule has 5 heteroatoms. The number of hydrogen-bond acceptors (Lipinski definition) is 2. The van der Waals surface area contributed by atoms with Gasteiger partial charge in [0.25, 0.3) is 0 Å². The summed E-state index contributed by atoms with van der Waals surface area (Å²) >= 11 is 2.92. The van der Waals surface area contributed by atoms with Crippen LogP contribution in [0.4, 0.5) is 0 Å². The van der Waals surface area contributed by atoms with Gasteiger partial charge in [-0.15, -0.1) is 15.9 Å². The molecule has 0 aliphatic rings. The molecule has 0 amide bonds. The first-order valence-corrected chi connectivity index (χ1v) is 3.26. The van der Waals surface area contributed by atoms with Gasteiger partial charge in [-0.05, 0) is 0 Å². The van der Waals surface area contributed by atoms with Crippen LogP contribution in [0.25, 0.3) is 6.08 Å². The first kappa shape index (κ1) is 11.2. The smallest absolute Gasteiger partial charge is 0.0853 e. The van der Waals surface area contributed by atoms with Crippen LogP contribution in [0.1, 0.15) is 5.69 Å². The van der Waals surface area contributed by atoms with Crippen LogP contribution in [0.3, 0.4) is 0 Å². The number of halogens is 1. The Morgan fingerprint density at radius 1 is 1.73 bits per heavy atom. The van der Waals surface area contributed by atoms with Crippen molar-refractivity contribution in [1.29, 1.82) is 0 Å². The van der Waals surface area contributed by atoms with E-state index in [2.05, 4.69) is 32.2 Å². The zero-order valence-electron chi connectivity index (χ0n) is 5.47. The third kappa shape index (κ3) is 2.97. The van der Waals surface area contributed by atoms with Crippen LogP contribution in [-0.4, -0.2) is 10.2 Å². The summed E-state index contributed by atoms with van der Waals surface area (Å²) in [5.41, 5.74) is 0.0728. The van der Waals surface area contributed by atoms with E-state index in [9.17, 15) is 4.79 Å². The van der Waals surface area contributed by atoms with Gasteiger partial charge in [0.1, 0.15) is 0 Å². The van der Waals surface area contributed by atoms with Crippen molar-refractivity contribution in [3.05, 3.63) is 33.2 Å². The zero-order valence-corrected chi connectivity index (χ0v) is 9.89. The van der Waals surface area contributed by atoms with Gasteiger partial charge in [-0.3, -0.25) is 0 Å². The van der Waals surface area contributed by atoms with Crippen molar-refractivity contribution in [2.75, 3.05) is 0 Å². The van der Waals surface area contributed by atoms with E-state index in [1.807, 2.05) is 0 Å². The van der Waals surface area contributed by atoms with E-state index < -0.39 is 0 Å². The van der Waals surface area contributed by atoms with E-state index >= 15 is 0 Å². The topological polar surface area (TPSA) is 45.8 Å². The fourth-order valence-electron chi connectivity index (χ4n) is 0.441. The van der Waals surface area contributed by atoms with Crippen LogP contribution in [0, 0.1) is 12.6 Å². The van der Waals surface area contributed by atoms with E-state index in [0.29, 0.717) is 5.69 Å². The summed E-state index contributed by atoms with van der Waals surface area (Å²) in [6, 6.07) is 2.42. The van der Waals surface area contributed by atoms with Crippen LogP contribution >= 0.6 is 15.9 Å². The van der Waals surface area contributed by atoms with Crippen LogP contribution in [0.2, 0.25) is 0 Å². The molecule has 1 N–H and O–H groups in total. The summed E-state index contributed by atoms with van der Waals surface area (Å²) in [6.07, 6.45) is 1.22.